The molecule has 3 rings (SSSR count). The largest absolute Gasteiger partial charge is 0.322 e. The molecule has 1 atom stereocenters. The van der Waals surface area contributed by atoms with Crippen LogP contribution in [-0.2, 0) is 6.54 Å². The van der Waals surface area contributed by atoms with Crippen molar-refractivity contribution in [2.24, 2.45) is 5.73 Å². The Balaban J connectivity index is 2.18. The highest BCUT2D eigenvalue weighted by Gasteiger charge is 2.17. The average Bonchev–Trinajstić information content (AvgIpc) is 2.87. The molecule has 3 aromatic rings. The maximum Gasteiger partial charge on any atom is 0.127 e. The second-order valence-electron chi connectivity index (χ2n) is 6.23. The molecule has 1 aromatic heterocycles. The number of fused-ring (bicyclic) bond motifs is 1. The van der Waals surface area contributed by atoms with Gasteiger partial charge in [0, 0.05) is 10.0 Å². The van der Waals surface area contributed by atoms with Crippen molar-refractivity contribution in [2.45, 2.75) is 39.8 Å². The fourth-order valence-corrected chi connectivity index (χ4v) is 3.32. The topological polar surface area (TPSA) is 43.8 Å². The summed E-state index contributed by atoms with van der Waals surface area (Å²) >= 11 is 12.4. The maximum atomic E-state index is 6.37. The third-order valence-electron chi connectivity index (χ3n) is 4.51. The number of nitrogens with two attached hydrogens (primary N) is 1. The molecular weight excluding hydrogens is 341 g/mol. The van der Waals surface area contributed by atoms with E-state index in [0.29, 0.717) is 16.6 Å². The van der Waals surface area contributed by atoms with Crippen LogP contribution in [0.4, 0.5) is 0 Å². The zero-order chi connectivity index (χ0) is 17.4. The maximum absolute atomic E-state index is 6.37. The lowest BCUT2D eigenvalue weighted by Gasteiger charge is -2.14. The van der Waals surface area contributed by atoms with Crippen molar-refractivity contribution in [3.63, 3.8) is 0 Å². The Hall–Kier alpha value is -1.55. The molecule has 0 aliphatic heterocycles. The molecule has 126 valence electrons. The van der Waals surface area contributed by atoms with Gasteiger partial charge >= 0.3 is 0 Å². The lowest BCUT2D eigenvalue weighted by molar-refractivity contribution is 0.605. The van der Waals surface area contributed by atoms with E-state index in [1.807, 2.05) is 12.1 Å². The first-order valence-corrected chi connectivity index (χ1v) is 8.83. The highest BCUT2D eigenvalue weighted by Crippen LogP contribution is 2.28. The zero-order valence-electron chi connectivity index (χ0n) is 14.1. The van der Waals surface area contributed by atoms with Crippen LogP contribution in [0.3, 0.4) is 0 Å². The number of aryl methyl sites for hydroxylation is 2. The van der Waals surface area contributed by atoms with Gasteiger partial charge in [0.05, 0.1) is 23.6 Å². The summed E-state index contributed by atoms with van der Waals surface area (Å²) in [7, 11) is 0. The third kappa shape index (κ3) is 3.16. The van der Waals surface area contributed by atoms with Gasteiger partial charge in [0.25, 0.3) is 0 Å². The number of hydrogen-bond donors (Lipinski definition) is 1. The van der Waals surface area contributed by atoms with E-state index in [4.69, 9.17) is 33.9 Å². The summed E-state index contributed by atoms with van der Waals surface area (Å²) in [6, 6.07) is 9.77. The average molecular weight is 362 g/mol. The Morgan fingerprint density at radius 3 is 2.50 bits per heavy atom. The van der Waals surface area contributed by atoms with Crippen LogP contribution in [0.1, 0.15) is 41.9 Å². The smallest absolute Gasteiger partial charge is 0.127 e. The van der Waals surface area contributed by atoms with Gasteiger partial charge in [0.2, 0.25) is 0 Å². The van der Waals surface area contributed by atoms with Crippen molar-refractivity contribution in [1.29, 1.82) is 0 Å². The van der Waals surface area contributed by atoms with E-state index in [-0.39, 0.29) is 6.04 Å². The van der Waals surface area contributed by atoms with Gasteiger partial charge in [-0.2, -0.15) is 0 Å². The van der Waals surface area contributed by atoms with Crippen molar-refractivity contribution < 1.29 is 0 Å². The molecule has 24 heavy (non-hydrogen) atoms. The number of hydrogen-bond acceptors (Lipinski definition) is 2. The van der Waals surface area contributed by atoms with Crippen molar-refractivity contribution in [1.82, 2.24) is 9.55 Å². The van der Waals surface area contributed by atoms with Gasteiger partial charge in [-0.15, -0.1) is 0 Å². The normalized spacial score (nSPS) is 12.8. The first-order chi connectivity index (χ1) is 11.4. The van der Waals surface area contributed by atoms with Crippen LogP contribution in [0, 0.1) is 13.8 Å². The minimum absolute atomic E-state index is 0.107. The SMILES string of the molecule is CCC(N)c1nc2cc(C)c(C)cc2n1Cc1ccc(Cl)cc1Cl. The van der Waals surface area contributed by atoms with Crippen LogP contribution >= 0.6 is 23.2 Å². The van der Waals surface area contributed by atoms with Crippen LogP contribution < -0.4 is 5.73 Å². The molecule has 0 bridgehead atoms. The van der Waals surface area contributed by atoms with E-state index in [1.54, 1.807) is 6.07 Å². The quantitative estimate of drug-likeness (QED) is 0.674. The number of imidazole rings is 1. The van der Waals surface area contributed by atoms with Gasteiger partial charge in [-0.25, -0.2) is 4.98 Å². The summed E-state index contributed by atoms with van der Waals surface area (Å²) in [5.41, 5.74) is 11.8. The Bertz CT molecular complexity index is 899. The monoisotopic (exact) mass is 361 g/mol. The van der Waals surface area contributed by atoms with E-state index < -0.39 is 0 Å². The predicted octanol–water partition coefficient (Wildman–Crippen LogP) is 5.42. The highest BCUT2D eigenvalue weighted by atomic mass is 35.5. The van der Waals surface area contributed by atoms with Gasteiger partial charge in [0.1, 0.15) is 5.82 Å². The Morgan fingerprint density at radius 1 is 1.12 bits per heavy atom. The van der Waals surface area contributed by atoms with Gasteiger partial charge in [0.15, 0.2) is 0 Å². The molecule has 0 saturated carbocycles. The minimum atomic E-state index is -0.107. The van der Waals surface area contributed by atoms with E-state index in [1.165, 1.54) is 11.1 Å². The van der Waals surface area contributed by atoms with Crippen LogP contribution in [-0.4, -0.2) is 9.55 Å². The summed E-state index contributed by atoms with van der Waals surface area (Å²) < 4.78 is 2.17. The molecule has 0 saturated heterocycles. The van der Waals surface area contributed by atoms with Gasteiger partial charge in [-0.05, 0) is 61.2 Å². The molecule has 0 aliphatic carbocycles. The number of aromatic nitrogens is 2. The van der Waals surface area contributed by atoms with Crippen molar-refractivity contribution in [3.8, 4) is 0 Å². The highest BCUT2D eigenvalue weighted by molar-refractivity contribution is 6.35. The van der Waals surface area contributed by atoms with Crippen LogP contribution in [0.5, 0.6) is 0 Å². The molecular formula is C19H21Cl2N3. The lowest BCUT2D eigenvalue weighted by Crippen LogP contribution is -2.16. The molecule has 0 amide bonds. The molecule has 0 fully saturated rings. The Kier molecular flexibility index (Phi) is 4.86. The first-order valence-electron chi connectivity index (χ1n) is 8.07. The van der Waals surface area contributed by atoms with Gasteiger partial charge < -0.3 is 10.3 Å². The summed E-state index contributed by atoms with van der Waals surface area (Å²) in [4.78, 5) is 4.80. The van der Waals surface area contributed by atoms with Gasteiger partial charge in [-0.1, -0.05) is 36.2 Å². The summed E-state index contributed by atoms with van der Waals surface area (Å²) in [6.45, 7) is 6.91. The molecule has 3 nitrogen and oxygen atoms in total. The predicted molar refractivity (Wildman–Crippen MR) is 102 cm³/mol. The zero-order valence-corrected chi connectivity index (χ0v) is 15.6. The molecule has 1 heterocycles. The second kappa shape index (κ2) is 6.75. The fourth-order valence-electron chi connectivity index (χ4n) is 2.85. The minimum Gasteiger partial charge on any atom is -0.322 e. The molecule has 5 heteroatoms. The Labute approximate surface area is 152 Å². The molecule has 0 radical (unpaired) electrons. The first kappa shape index (κ1) is 17.3. The van der Waals surface area contributed by atoms with Crippen molar-refractivity contribution >= 4 is 34.2 Å². The molecule has 1 unspecified atom stereocenters. The van der Waals surface area contributed by atoms with E-state index in [0.717, 1.165) is 28.8 Å². The summed E-state index contributed by atoms with van der Waals surface area (Å²) in [5, 5.41) is 1.29. The molecule has 0 aliphatic rings. The number of nitrogens with zero attached hydrogens (tertiary/aromatic N) is 2. The summed E-state index contributed by atoms with van der Waals surface area (Å²) in [6.07, 6.45) is 0.829. The molecule has 2 N–H and O–H groups in total. The second-order valence-corrected chi connectivity index (χ2v) is 7.08. The molecule has 0 spiro atoms. The number of halogens is 2. The van der Waals surface area contributed by atoms with E-state index in [2.05, 4.69) is 37.5 Å². The van der Waals surface area contributed by atoms with Crippen LogP contribution in [0.25, 0.3) is 11.0 Å². The van der Waals surface area contributed by atoms with Crippen LogP contribution in [0.15, 0.2) is 30.3 Å². The fraction of sp³-hybridized carbons (Fsp3) is 0.316. The van der Waals surface area contributed by atoms with E-state index >= 15 is 0 Å². The van der Waals surface area contributed by atoms with Crippen molar-refractivity contribution in [3.05, 3.63) is 62.9 Å². The number of rotatable bonds is 4. The third-order valence-corrected chi connectivity index (χ3v) is 5.10. The number of benzene rings is 2. The molecule has 2 aromatic carbocycles. The van der Waals surface area contributed by atoms with Crippen molar-refractivity contribution in [2.75, 3.05) is 0 Å². The lowest BCUT2D eigenvalue weighted by atomic mass is 10.1. The Morgan fingerprint density at radius 2 is 1.83 bits per heavy atom. The summed E-state index contributed by atoms with van der Waals surface area (Å²) in [5.74, 6) is 0.892. The standard InChI is InChI=1S/C19H21Cl2N3/c1-4-16(22)19-23-17-7-11(2)12(3)8-18(17)24(19)10-13-5-6-14(20)9-15(13)21/h5-9,16H,4,10,22H2,1-3H3. The van der Waals surface area contributed by atoms with E-state index in [9.17, 15) is 0 Å². The van der Waals surface area contributed by atoms with Crippen LogP contribution in [0.2, 0.25) is 10.0 Å². The van der Waals surface area contributed by atoms with Gasteiger partial charge in [-0.3, -0.25) is 0 Å².